The van der Waals surface area contributed by atoms with Gasteiger partial charge in [-0.1, -0.05) is 6.07 Å². The van der Waals surface area contributed by atoms with E-state index in [1.807, 2.05) is 32.2 Å². The van der Waals surface area contributed by atoms with Gasteiger partial charge in [0.25, 0.3) is 0 Å². The molecule has 4 heteroatoms. The highest BCUT2D eigenvalue weighted by atomic mass is 16.5. The lowest BCUT2D eigenvalue weighted by atomic mass is 10.2. The fourth-order valence-corrected chi connectivity index (χ4v) is 1.58. The maximum Gasteiger partial charge on any atom is 0.0597 e. The second kappa shape index (κ2) is 8.17. The van der Waals surface area contributed by atoms with Crippen LogP contribution in [0.25, 0.3) is 0 Å². The summed E-state index contributed by atoms with van der Waals surface area (Å²) in [5.74, 6) is 0. The predicted octanol–water partition coefficient (Wildman–Crippen LogP) is 1.30. The van der Waals surface area contributed by atoms with Gasteiger partial charge in [0.05, 0.1) is 19.3 Å². The van der Waals surface area contributed by atoms with Crippen LogP contribution in [0.5, 0.6) is 0 Å². The second-order valence-corrected chi connectivity index (χ2v) is 4.28. The molecule has 0 fully saturated rings. The summed E-state index contributed by atoms with van der Waals surface area (Å²) in [6.45, 7) is 7.20. The average Bonchev–Trinajstić information content (AvgIpc) is 2.30. The summed E-state index contributed by atoms with van der Waals surface area (Å²) in [6.07, 6.45) is 3.87. The largest absolute Gasteiger partial charge is 0.395 e. The molecule has 96 valence electrons. The molecular weight excluding hydrogens is 216 g/mol. The van der Waals surface area contributed by atoms with Gasteiger partial charge in [-0.2, -0.15) is 0 Å². The lowest BCUT2D eigenvalue weighted by Gasteiger charge is -2.21. The summed E-state index contributed by atoms with van der Waals surface area (Å²) in [4.78, 5) is 6.25. The first-order valence-corrected chi connectivity index (χ1v) is 6.06. The van der Waals surface area contributed by atoms with E-state index in [2.05, 4.69) is 9.88 Å². The lowest BCUT2D eigenvalue weighted by Crippen LogP contribution is -2.30. The zero-order valence-corrected chi connectivity index (χ0v) is 10.7. The summed E-state index contributed by atoms with van der Waals surface area (Å²) in [6, 6.07) is 3.97. The van der Waals surface area contributed by atoms with Crippen molar-refractivity contribution >= 4 is 0 Å². The molecule has 0 bridgehead atoms. The highest BCUT2D eigenvalue weighted by Crippen LogP contribution is 2.02. The molecule has 0 aliphatic carbocycles. The van der Waals surface area contributed by atoms with Gasteiger partial charge < -0.3 is 9.84 Å². The fraction of sp³-hybridized carbons (Fsp3) is 0.615. The van der Waals surface area contributed by atoms with Crippen LogP contribution in [0, 0.1) is 0 Å². The van der Waals surface area contributed by atoms with Crippen molar-refractivity contribution in [3.63, 3.8) is 0 Å². The molecule has 0 aromatic carbocycles. The number of aromatic nitrogens is 1. The highest BCUT2D eigenvalue weighted by molar-refractivity contribution is 5.08. The molecule has 1 aromatic rings. The summed E-state index contributed by atoms with van der Waals surface area (Å²) in [5, 5.41) is 9.03. The Morgan fingerprint density at radius 1 is 1.41 bits per heavy atom. The molecule has 0 saturated heterocycles. The minimum atomic E-state index is 0.169. The van der Waals surface area contributed by atoms with E-state index in [0.717, 1.165) is 18.7 Å². The van der Waals surface area contributed by atoms with E-state index in [0.29, 0.717) is 13.2 Å². The molecule has 1 N–H and O–H groups in total. The first kappa shape index (κ1) is 14.1. The van der Waals surface area contributed by atoms with Crippen LogP contribution < -0.4 is 0 Å². The third-order valence-electron chi connectivity index (χ3n) is 2.40. The summed E-state index contributed by atoms with van der Waals surface area (Å²) in [7, 11) is 0. The van der Waals surface area contributed by atoms with Gasteiger partial charge in [0.1, 0.15) is 0 Å². The monoisotopic (exact) mass is 238 g/mol. The van der Waals surface area contributed by atoms with Crippen LogP contribution in [0.2, 0.25) is 0 Å². The van der Waals surface area contributed by atoms with E-state index in [9.17, 15) is 0 Å². The summed E-state index contributed by atoms with van der Waals surface area (Å²) < 4.78 is 5.52. The van der Waals surface area contributed by atoms with Gasteiger partial charge in [0.15, 0.2) is 0 Å². The molecular formula is C13H22N2O2. The van der Waals surface area contributed by atoms with Gasteiger partial charge >= 0.3 is 0 Å². The fourth-order valence-electron chi connectivity index (χ4n) is 1.58. The molecule has 0 amide bonds. The number of aliphatic hydroxyl groups excluding tert-OH is 1. The van der Waals surface area contributed by atoms with Crippen molar-refractivity contribution in [2.75, 3.05) is 26.3 Å². The quantitative estimate of drug-likeness (QED) is 0.741. The average molecular weight is 238 g/mol. The number of aliphatic hydroxyl groups is 1. The molecule has 0 unspecified atom stereocenters. The lowest BCUT2D eigenvalue weighted by molar-refractivity contribution is 0.0534. The van der Waals surface area contributed by atoms with E-state index < -0.39 is 0 Å². The molecule has 17 heavy (non-hydrogen) atoms. The minimum Gasteiger partial charge on any atom is -0.395 e. The van der Waals surface area contributed by atoms with Crippen molar-refractivity contribution in [2.24, 2.45) is 0 Å². The van der Waals surface area contributed by atoms with Crippen LogP contribution in [0.15, 0.2) is 24.5 Å². The number of rotatable bonds is 8. The Morgan fingerprint density at radius 2 is 2.24 bits per heavy atom. The Labute approximate surface area is 103 Å². The van der Waals surface area contributed by atoms with Gasteiger partial charge in [-0.05, 0) is 25.5 Å². The van der Waals surface area contributed by atoms with E-state index in [1.54, 1.807) is 6.20 Å². The van der Waals surface area contributed by atoms with Crippen LogP contribution in [-0.4, -0.2) is 47.4 Å². The third kappa shape index (κ3) is 6.36. The Hall–Kier alpha value is -0.970. The number of pyridine rings is 1. The SMILES string of the molecule is CC(C)OCCN(CCO)Cc1cccnc1. The van der Waals surface area contributed by atoms with Gasteiger partial charge in [0.2, 0.25) is 0 Å². The Bertz CT molecular complexity index is 291. The van der Waals surface area contributed by atoms with E-state index in [4.69, 9.17) is 9.84 Å². The molecule has 1 rings (SSSR count). The number of hydrogen-bond donors (Lipinski definition) is 1. The van der Waals surface area contributed by atoms with Crippen LogP contribution in [0.4, 0.5) is 0 Å². The van der Waals surface area contributed by atoms with Gasteiger partial charge in [-0.15, -0.1) is 0 Å². The minimum absolute atomic E-state index is 0.169. The van der Waals surface area contributed by atoms with E-state index >= 15 is 0 Å². The van der Waals surface area contributed by atoms with Crippen LogP contribution >= 0.6 is 0 Å². The molecule has 0 atom stereocenters. The van der Waals surface area contributed by atoms with Crippen molar-refractivity contribution in [3.8, 4) is 0 Å². The van der Waals surface area contributed by atoms with Gasteiger partial charge in [-0.3, -0.25) is 9.88 Å². The van der Waals surface area contributed by atoms with E-state index in [-0.39, 0.29) is 12.7 Å². The maximum absolute atomic E-state index is 9.03. The Kier molecular flexibility index (Phi) is 6.77. The summed E-state index contributed by atoms with van der Waals surface area (Å²) >= 11 is 0. The Morgan fingerprint density at radius 3 is 2.82 bits per heavy atom. The molecule has 4 nitrogen and oxygen atoms in total. The molecule has 0 radical (unpaired) electrons. The van der Waals surface area contributed by atoms with Crippen molar-refractivity contribution in [1.29, 1.82) is 0 Å². The molecule has 0 aliphatic rings. The number of ether oxygens (including phenoxy) is 1. The molecule has 0 spiro atoms. The second-order valence-electron chi connectivity index (χ2n) is 4.28. The van der Waals surface area contributed by atoms with Crippen LogP contribution in [0.3, 0.4) is 0 Å². The topological polar surface area (TPSA) is 45.6 Å². The maximum atomic E-state index is 9.03. The van der Waals surface area contributed by atoms with Crippen molar-refractivity contribution in [3.05, 3.63) is 30.1 Å². The zero-order chi connectivity index (χ0) is 12.5. The number of nitrogens with zero attached hydrogens (tertiary/aromatic N) is 2. The third-order valence-corrected chi connectivity index (χ3v) is 2.40. The van der Waals surface area contributed by atoms with Gasteiger partial charge in [-0.25, -0.2) is 0 Å². The Balaban J connectivity index is 2.37. The zero-order valence-electron chi connectivity index (χ0n) is 10.7. The van der Waals surface area contributed by atoms with Crippen LogP contribution in [-0.2, 0) is 11.3 Å². The number of hydrogen-bond acceptors (Lipinski definition) is 4. The molecule has 1 heterocycles. The normalized spacial score (nSPS) is 11.4. The smallest absolute Gasteiger partial charge is 0.0597 e. The highest BCUT2D eigenvalue weighted by Gasteiger charge is 2.06. The van der Waals surface area contributed by atoms with E-state index in [1.165, 1.54) is 0 Å². The van der Waals surface area contributed by atoms with Crippen molar-refractivity contribution < 1.29 is 9.84 Å². The first-order chi connectivity index (χ1) is 8.22. The first-order valence-electron chi connectivity index (χ1n) is 6.06. The predicted molar refractivity (Wildman–Crippen MR) is 67.7 cm³/mol. The van der Waals surface area contributed by atoms with Crippen molar-refractivity contribution in [2.45, 2.75) is 26.5 Å². The van der Waals surface area contributed by atoms with Crippen molar-refractivity contribution in [1.82, 2.24) is 9.88 Å². The van der Waals surface area contributed by atoms with Crippen LogP contribution in [0.1, 0.15) is 19.4 Å². The molecule has 1 aromatic heterocycles. The summed E-state index contributed by atoms with van der Waals surface area (Å²) in [5.41, 5.74) is 1.16. The van der Waals surface area contributed by atoms with Gasteiger partial charge in [0, 0.05) is 32.0 Å². The molecule has 0 saturated carbocycles. The standard InChI is InChI=1S/C13H22N2O2/c1-12(2)17-9-7-15(6-8-16)11-13-4-3-5-14-10-13/h3-5,10,12,16H,6-9,11H2,1-2H3. The molecule has 0 aliphatic heterocycles.